The van der Waals surface area contributed by atoms with Gasteiger partial charge in [0.05, 0.1) is 28.0 Å². The Hall–Kier alpha value is -3.20. The summed E-state index contributed by atoms with van der Waals surface area (Å²) in [5, 5.41) is 0. The number of halogens is 1. The lowest BCUT2D eigenvalue weighted by molar-refractivity contribution is -0.131. The van der Waals surface area contributed by atoms with Gasteiger partial charge in [0.25, 0.3) is 11.8 Å². The van der Waals surface area contributed by atoms with Crippen molar-refractivity contribution < 1.29 is 19.1 Å². The Bertz CT molecular complexity index is 1410. The van der Waals surface area contributed by atoms with Crippen LogP contribution in [0.5, 0.6) is 11.5 Å². The number of nitrogens with zero attached hydrogens (tertiary/aromatic N) is 2. The van der Waals surface area contributed by atoms with Crippen molar-refractivity contribution in [3.8, 4) is 11.5 Å². The molecule has 3 aromatic rings. The number of fused-ring (bicyclic) bond motifs is 7. The van der Waals surface area contributed by atoms with Crippen molar-refractivity contribution in [1.82, 2.24) is 20.8 Å². The number of benzene rings is 2. The SMILES string of the molecule is CC12CCC(C(=O)NNC(=O)c3ccccc3Br)(c3nc4cc5c(cc4nc31)OCO5)C2(C)C. The quantitative estimate of drug-likeness (QED) is 0.494. The maximum atomic E-state index is 13.8. The maximum absolute atomic E-state index is 13.8. The van der Waals surface area contributed by atoms with Crippen LogP contribution >= 0.6 is 15.9 Å². The molecule has 0 radical (unpaired) electrons. The summed E-state index contributed by atoms with van der Waals surface area (Å²) in [6, 6.07) is 10.7. The minimum atomic E-state index is -0.935. The number of carbonyl (C=O) groups excluding carboxylic acids is 2. The summed E-state index contributed by atoms with van der Waals surface area (Å²) in [5.74, 6) is 0.590. The van der Waals surface area contributed by atoms with E-state index in [-0.39, 0.29) is 18.1 Å². The number of ether oxygens (including phenoxy) is 2. The van der Waals surface area contributed by atoms with Crippen LogP contribution in [0.25, 0.3) is 11.0 Å². The summed E-state index contributed by atoms with van der Waals surface area (Å²) in [6.45, 7) is 6.51. The van der Waals surface area contributed by atoms with Crippen LogP contribution in [0, 0.1) is 5.41 Å². The zero-order chi connectivity index (χ0) is 23.9. The first-order valence-corrected chi connectivity index (χ1v) is 12.0. The fourth-order valence-electron chi connectivity index (χ4n) is 5.93. The van der Waals surface area contributed by atoms with Crippen molar-refractivity contribution >= 4 is 38.8 Å². The second-order valence-electron chi connectivity index (χ2n) is 9.87. The van der Waals surface area contributed by atoms with Gasteiger partial charge in [0.15, 0.2) is 11.5 Å². The third-order valence-electron chi connectivity index (χ3n) is 8.33. The van der Waals surface area contributed by atoms with Gasteiger partial charge >= 0.3 is 0 Å². The fourth-order valence-corrected chi connectivity index (χ4v) is 6.39. The van der Waals surface area contributed by atoms with Crippen LogP contribution in [-0.4, -0.2) is 28.6 Å². The van der Waals surface area contributed by atoms with Crippen molar-refractivity contribution in [1.29, 1.82) is 0 Å². The molecule has 1 saturated carbocycles. The second-order valence-corrected chi connectivity index (χ2v) is 10.7. The summed E-state index contributed by atoms with van der Waals surface area (Å²) in [5.41, 5.74) is 6.85. The number of nitrogens with one attached hydrogen (secondary N) is 2. The van der Waals surface area contributed by atoms with E-state index in [1.807, 2.05) is 18.2 Å². The van der Waals surface area contributed by atoms with Crippen molar-refractivity contribution in [2.45, 2.75) is 44.4 Å². The third-order valence-corrected chi connectivity index (χ3v) is 9.02. The molecule has 34 heavy (non-hydrogen) atoms. The summed E-state index contributed by atoms with van der Waals surface area (Å²) >= 11 is 3.38. The Labute approximate surface area is 204 Å². The topological polar surface area (TPSA) is 102 Å². The molecule has 6 rings (SSSR count). The number of hydrogen-bond acceptors (Lipinski definition) is 6. The van der Waals surface area contributed by atoms with Crippen molar-refractivity contribution in [2.24, 2.45) is 5.41 Å². The highest BCUT2D eigenvalue weighted by atomic mass is 79.9. The molecule has 9 heteroatoms. The average molecular weight is 523 g/mol. The maximum Gasteiger partial charge on any atom is 0.270 e. The smallest absolute Gasteiger partial charge is 0.270 e. The van der Waals surface area contributed by atoms with Gasteiger partial charge in [0.2, 0.25) is 6.79 Å². The van der Waals surface area contributed by atoms with Gasteiger partial charge in [0, 0.05) is 22.0 Å². The molecule has 2 heterocycles. The molecule has 2 unspecified atom stereocenters. The molecule has 2 N–H and O–H groups in total. The first kappa shape index (κ1) is 21.3. The number of rotatable bonds is 2. The lowest BCUT2D eigenvalue weighted by atomic mass is 9.63. The van der Waals surface area contributed by atoms with Gasteiger partial charge in [0.1, 0.15) is 5.41 Å². The highest BCUT2D eigenvalue weighted by Gasteiger charge is 2.73. The molecule has 1 fully saturated rings. The molecule has 2 aliphatic carbocycles. The minimum Gasteiger partial charge on any atom is -0.454 e. The molecular weight excluding hydrogens is 500 g/mol. The number of amides is 2. The molecule has 0 spiro atoms. The molecule has 0 saturated heterocycles. The molecule has 3 aliphatic rings. The van der Waals surface area contributed by atoms with E-state index >= 15 is 0 Å². The van der Waals surface area contributed by atoms with E-state index in [0.717, 1.165) is 12.1 Å². The average Bonchev–Trinajstić information content (AvgIpc) is 3.39. The van der Waals surface area contributed by atoms with Gasteiger partial charge in [-0.1, -0.05) is 32.9 Å². The van der Waals surface area contributed by atoms with Gasteiger partial charge < -0.3 is 9.47 Å². The van der Waals surface area contributed by atoms with Gasteiger partial charge in [-0.15, -0.1) is 0 Å². The van der Waals surface area contributed by atoms with Crippen LogP contribution in [0.15, 0.2) is 40.9 Å². The Morgan fingerprint density at radius 3 is 2.26 bits per heavy atom. The van der Waals surface area contributed by atoms with Crippen molar-refractivity contribution in [3.63, 3.8) is 0 Å². The number of carbonyl (C=O) groups is 2. The zero-order valence-corrected chi connectivity index (χ0v) is 20.6. The van der Waals surface area contributed by atoms with Crippen molar-refractivity contribution in [3.05, 3.63) is 57.8 Å². The standard InChI is InChI=1S/C25H23BrN4O4/c1-23(2)24(3)8-9-25(23,22(32)30-29-21(31)13-6-4-5-7-14(13)26)20-19(24)27-15-10-17-18(34-12-33-17)11-16(15)28-20/h4-7,10-11H,8-9,12H2,1-3H3,(H,29,31)(H,30,32). The second kappa shape index (κ2) is 6.91. The predicted octanol–water partition coefficient (Wildman–Crippen LogP) is 3.91. The van der Waals surface area contributed by atoms with Crippen LogP contribution in [0.1, 0.15) is 55.4 Å². The van der Waals surface area contributed by atoms with E-state index in [1.54, 1.807) is 18.2 Å². The largest absolute Gasteiger partial charge is 0.454 e. The lowest BCUT2D eigenvalue weighted by Gasteiger charge is -2.39. The number of hydrazine groups is 1. The number of hydrogen-bond donors (Lipinski definition) is 2. The van der Waals surface area contributed by atoms with Gasteiger partial charge in [-0.2, -0.15) is 0 Å². The van der Waals surface area contributed by atoms with Gasteiger partial charge in [-0.3, -0.25) is 20.4 Å². The van der Waals surface area contributed by atoms with Crippen LogP contribution in [0.4, 0.5) is 0 Å². The molecule has 2 aromatic carbocycles. The predicted molar refractivity (Wildman–Crippen MR) is 127 cm³/mol. The van der Waals surface area contributed by atoms with Crippen LogP contribution in [-0.2, 0) is 15.6 Å². The molecule has 2 bridgehead atoms. The van der Waals surface area contributed by atoms with Crippen LogP contribution in [0.2, 0.25) is 0 Å². The highest BCUT2D eigenvalue weighted by molar-refractivity contribution is 9.10. The van der Waals surface area contributed by atoms with E-state index in [9.17, 15) is 9.59 Å². The molecular formula is C25H23BrN4O4. The zero-order valence-electron chi connectivity index (χ0n) is 19.0. The first-order valence-electron chi connectivity index (χ1n) is 11.2. The van der Waals surface area contributed by atoms with Crippen LogP contribution in [0.3, 0.4) is 0 Å². The number of aromatic nitrogens is 2. The summed E-state index contributed by atoms with van der Waals surface area (Å²) in [6.07, 6.45) is 1.41. The molecule has 174 valence electrons. The minimum absolute atomic E-state index is 0.166. The summed E-state index contributed by atoms with van der Waals surface area (Å²) in [7, 11) is 0. The third kappa shape index (κ3) is 2.53. The molecule has 1 aliphatic heterocycles. The van der Waals surface area contributed by atoms with Crippen LogP contribution < -0.4 is 20.3 Å². The fraction of sp³-hybridized carbons (Fsp3) is 0.360. The monoisotopic (exact) mass is 522 g/mol. The van der Waals surface area contributed by atoms with E-state index in [1.165, 1.54) is 0 Å². The molecule has 2 atom stereocenters. The lowest BCUT2D eigenvalue weighted by Crippen LogP contribution is -2.55. The highest BCUT2D eigenvalue weighted by Crippen LogP contribution is 2.70. The molecule has 8 nitrogen and oxygen atoms in total. The molecule has 1 aromatic heterocycles. The summed E-state index contributed by atoms with van der Waals surface area (Å²) < 4.78 is 11.7. The van der Waals surface area contributed by atoms with E-state index in [0.29, 0.717) is 44.7 Å². The Balaban J connectivity index is 1.41. The Morgan fingerprint density at radius 2 is 1.59 bits per heavy atom. The van der Waals surface area contributed by atoms with Gasteiger partial charge in [-0.05, 0) is 46.3 Å². The summed E-state index contributed by atoms with van der Waals surface area (Å²) in [4.78, 5) is 36.5. The van der Waals surface area contributed by atoms with E-state index in [2.05, 4.69) is 47.6 Å². The Morgan fingerprint density at radius 1 is 0.941 bits per heavy atom. The van der Waals surface area contributed by atoms with Crippen molar-refractivity contribution in [2.75, 3.05) is 6.79 Å². The van der Waals surface area contributed by atoms with E-state index < -0.39 is 16.7 Å². The molecule has 2 amide bonds. The van der Waals surface area contributed by atoms with Gasteiger partial charge in [-0.25, -0.2) is 9.97 Å². The normalized spacial score (nSPS) is 25.3. The Kier molecular flexibility index (Phi) is 4.34. The van der Waals surface area contributed by atoms with E-state index in [4.69, 9.17) is 19.4 Å². The first-order chi connectivity index (χ1) is 16.2.